The summed E-state index contributed by atoms with van der Waals surface area (Å²) >= 11 is 1.35. The Balaban J connectivity index is 1.67. The van der Waals surface area contributed by atoms with Crippen LogP contribution in [0.3, 0.4) is 0 Å². The van der Waals surface area contributed by atoms with Crippen molar-refractivity contribution in [1.29, 1.82) is 0 Å². The molecule has 2 unspecified atom stereocenters. The third-order valence-electron chi connectivity index (χ3n) is 5.31. The normalized spacial score (nSPS) is 17.5. The smallest absolute Gasteiger partial charge is 0.408 e. The van der Waals surface area contributed by atoms with Crippen molar-refractivity contribution in [2.45, 2.75) is 51.8 Å². The SMILES string of the molecule is CC(C)C(NC(=O)OCc1ccccc1)C(=O)NC1Cc2cnsc2CCCNC(=O)C1=O. The molecule has 0 bridgehead atoms. The third kappa shape index (κ3) is 6.85. The summed E-state index contributed by atoms with van der Waals surface area (Å²) in [6.07, 6.45) is 2.53. The van der Waals surface area contributed by atoms with Crippen LogP contribution in [0.15, 0.2) is 36.5 Å². The fourth-order valence-corrected chi connectivity index (χ4v) is 4.27. The fourth-order valence-electron chi connectivity index (χ4n) is 3.47. The Hall–Kier alpha value is -3.27. The van der Waals surface area contributed by atoms with Gasteiger partial charge in [-0.25, -0.2) is 9.17 Å². The van der Waals surface area contributed by atoms with Crippen LogP contribution in [-0.4, -0.2) is 46.7 Å². The number of amides is 3. The second-order valence-corrected chi connectivity index (χ2v) is 9.08. The molecule has 0 aliphatic carbocycles. The largest absolute Gasteiger partial charge is 0.445 e. The number of aryl methyl sites for hydroxylation is 1. The zero-order chi connectivity index (χ0) is 23.8. The van der Waals surface area contributed by atoms with Gasteiger partial charge in [0.15, 0.2) is 0 Å². The second-order valence-electron chi connectivity index (χ2n) is 8.19. The van der Waals surface area contributed by atoms with Crippen molar-refractivity contribution in [2.75, 3.05) is 6.54 Å². The standard InChI is InChI=1S/C23H28N4O5S/c1-14(2)19(27-23(31)32-13-15-7-4-3-5-8-15)21(29)26-17-11-16-12-25-33-18(16)9-6-10-24-22(30)20(17)28/h3-5,7-8,12,14,17,19H,6,9-11,13H2,1-2H3,(H,24,30)(H,26,29)(H,27,31). The third-order valence-corrected chi connectivity index (χ3v) is 6.21. The molecule has 3 rings (SSSR count). The van der Waals surface area contributed by atoms with E-state index >= 15 is 0 Å². The van der Waals surface area contributed by atoms with Crippen LogP contribution < -0.4 is 16.0 Å². The summed E-state index contributed by atoms with van der Waals surface area (Å²) in [5.41, 5.74) is 1.65. The van der Waals surface area contributed by atoms with Gasteiger partial charge in [0.2, 0.25) is 11.7 Å². The number of ether oxygens (including phenoxy) is 1. The van der Waals surface area contributed by atoms with Crippen LogP contribution >= 0.6 is 11.5 Å². The van der Waals surface area contributed by atoms with Crippen molar-refractivity contribution in [1.82, 2.24) is 20.3 Å². The highest BCUT2D eigenvalue weighted by Crippen LogP contribution is 2.19. The number of ketones is 1. The van der Waals surface area contributed by atoms with Crippen molar-refractivity contribution >= 4 is 35.2 Å². The lowest BCUT2D eigenvalue weighted by Gasteiger charge is -2.25. The molecule has 0 spiro atoms. The quantitative estimate of drug-likeness (QED) is 0.550. The van der Waals surface area contributed by atoms with Crippen molar-refractivity contribution in [3.8, 4) is 0 Å². The molecule has 2 atom stereocenters. The Kier molecular flexibility index (Phi) is 8.53. The van der Waals surface area contributed by atoms with Crippen LogP contribution in [0.2, 0.25) is 0 Å². The topological polar surface area (TPSA) is 126 Å². The molecule has 10 heteroatoms. The first-order chi connectivity index (χ1) is 15.8. The van der Waals surface area contributed by atoms with E-state index in [1.54, 1.807) is 20.0 Å². The molecule has 3 amide bonds. The molecule has 1 aromatic heterocycles. The number of carbonyl (C=O) groups is 4. The first kappa shape index (κ1) is 24.4. The fraction of sp³-hybridized carbons (Fsp3) is 0.435. The van der Waals surface area contributed by atoms with Gasteiger partial charge in [-0.2, -0.15) is 0 Å². The Bertz CT molecular complexity index is 992. The zero-order valence-corrected chi connectivity index (χ0v) is 19.4. The first-order valence-electron chi connectivity index (χ1n) is 10.9. The minimum atomic E-state index is -1.06. The Morgan fingerprint density at radius 1 is 1.24 bits per heavy atom. The van der Waals surface area contributed by atoms with Crippen molar-refractivity contribution in [3.63, 3.8) is 0 Å². The van der Waals surface area contributed by atoms with Gasteiger partial charge in [-0.05, 0) is 41.4 Å². The van der Waals surface area contributed by atoms with Gasteiger partial charge in [-0.15, -0.1) is 0 Å². The summed E-state index contributed by atoms with van der Waals surface area (Å²) in [4.78, 5) is 51.4. The first-order valence-corrected chi connectivity index (χ1v) is 11.6. The molecule has 0 fully saturated rings. The molecule has 1 aliphatic heterocycles. The van der Waals surface area contributed by atoms with Crippen molar-refractivity contribution in [3.05, 3.63) is 52.5 Å². The average Bonchev–Trinajstić information content (AvgIpc) is 3.24. The summed E-state index contributed by atoms with van der Waals surface area (Å²) in [5.74, 6) is -2.30. The zero-order valence-electron chi connectivity index (χ0n) is 18.6. The number of nitrogens with one attached hydrogen (secondary N) is 3. The van der Waals surface area contributed by atoms with Gasteiger partial charge < -0.3 is 20.7 Å². The number of Topliss-reactive ketones (excluding diaryl/α,β-unsaturated/α-hetero) is 1. The maximum atomic E-state index is 13.0. The van der Waals surface area contributed by atoms with Gasteiger partial charge in [0.05, 0.1) is 0 Å². The number of hydrogen-bond donors (Lipinski definition) is 3. The van der Waals surface area contributed by atoms with E-state index in [9.17, 15) is 19.2 Å². The van der Waals surface area contributed by atoms with Gasteiger partial charge in [0, 0.05) is 24.0 Å². The molecule has 3 N–H and O–H groups in total. The van der Waals surface area contributed by atoms with Gasteiger partial charge in [-0.1, -0.05) is 44.2 Å². The van der Waals surface area contributed by atoms with E-state index in [1.807, 2.05) is 30.3 Å². The summed E-state index contributed by atoms with van der Waals surface area (Å²) in [6, 6.07) is 7.17. The van der Waals surface area contributed by atoms with Crippen molar-refractivity contribution < 1.29 is 23.9 Å². The predicted molar refractivity (Wildman–Crippen MR) is 122 cm³/mol. The predicted octanol–water partition coefficient (Wildman–Crippen LogP) is 1.75. The number of benzene rings is 1. The van der Waals surface area contributed by atoms with E-state index in [1.165, 1.54) is 11.5 Å². The number of nitrogens with zero attached hydrogens (tertiary/aromatic N) is 1. The molecule has 1 aliphatic rings. The van der Waals surface area contributed by atoms with Gasteiger partial charge >= 0.3 is 6.09 Å². The molecule has 176 valence electrons. The van der Waals surface area contributed by atoms with Crippen LogP contribution in [0.1, 0.15) is 36.3 Å². The molecule has 9 nitrogen and oxygen atoms in total. The molecular weight excluding hydrogens is 444 g/mol. The minimum absolute atomic E-state index is 0.0638. The van der Waals surface area contributed by atoms with Crippen LogP contribution in [0, 0.1) is 5.92 Å². The Morgan fingerprint density at radius 3 is 2.73 bits per heavy atom. The summed E-state index contributed by atoms with van der Waals surface area (Å²) in [6.45, 7) is 3.97. The van der Waals surface area contributed by atoms with Gasteiger partial charge in [-0.3, -0.25) is 14.4 Å². The number of carbonyl (C=O) groups excluding carboxylic acids is 4. The number of rotatable bonds is 6. The molecule has 2 aromatic rings. The highest BCUT2D eigenvalue weighted by molar-refractivity contribution is 7.05. The summed E-state index contributed by atoms with van der Waals surface area (Å²) in [5, 5.41) is 7.83. The molecule has 1 aromatic carbocycles. The van der Waals surface area contributed by atoms with Crippen LogP contribution in [0.5, 0.6) is 0 Å². The summed E-state index contributed by atoms with van der Waals surface area (Å²) in [7, 11) is 0. The van der Waals surface area contributed by atoms with Crippen molar-refractivity contribution in [2.24, 2.45) is 5.92 Å². The maximum Gasteiger partial charge on any atom is 0.408 e. The number of alkyl carbamates (subject to hydrolysis) is 1. The second kappa shape index (κ2) is 11.6. The van der Waals surface area contributed by atoms with E-state index in [4.69, 9.17) is 4.74 Å². The highest BCUT2D eigenvalue weighted by Gasteiger charge is 2.33. The molecular formula is C23H28N4O5S. The average molecular weight is 473 g/mol. The van der Waals surface area contributed by atoms with E-state index in [0.29, 0.717) is 13.0 Å². The van der Waals surface area contributed by atoms with Crippen LogP contribution in [0.4, 0.5) is 4.79 Å². The Labute approximate surface area is 196 Å². The Morgan fingerprint density at radius 2 is 2.00 bits per heavy atom. The van der Waals surface area contributed by atoms with Crippen LogP contribution in [-0.2, 0) is 38.6 Å². The molecule has 2 heterocycles. The van der Waals surface area contributed by atoms with E-state index in [2.05, 4.69) is 20.3 Å². The monoisotopic (exact) mass is 472 g/mol. The van der Waals surface area contributed by atoms with Gasteiger partial charge in [0.1, 0.15) is 18.7 Å². The van der Waals surface area contributed by atoms with E-state index in [-0.39, 0.29) is 18.9 Å². The minimum Gasteiger partial charge on any atom is -0.445 e. The van der Waals surface area contributed by atoms with E-state index in [0.717, 1.165) is 22.4 Å². The molecule has 0 radical (unpaired) electrons. The number of fused-ring (bicyclic) bond motifs is 1. The van der Waals surface area contributed by atoms with Gasteiger partial charge in [0.25, 0.3) is 5.91 Å². The molecule has 0 saturated heterocycles. The molecule has 0 saturated carbocycles. The van der Waals surface area contributed by atoms with E-state index < -0.39 is 35.8 Å². The number of aromatic nitrogens is 1. The lowest BCUT2D eigenvalue weighted by atomic mass is 9.98. The highest BCUT2D eigenvalue weighted by atomic mass is 32.1. The lowest BCUT2D eigenvalue weighted by Crippen LogP contribution is -2.56. The summed E-state index contributed by atoms with van der Waals surface area (Å²) < 4.78 is 9.42. The van der Waals surface area contributed by atoms with Crippen LogP contribution in [0.25, 0.3) is 0 Å². The number of hydrogen-bond acceptors (Lipinski definition) is 7. The molecule has 33 heavy (non-hydrogen) atoms. The lowest BCUT2D eigenvalue weighted by molar-refractivity contribution is -0.140. The maximum absolute atomic E-state index is 13.0.